The van der Waals surface area contributed by atoms with Crippen molar-refractivity contribution in [3.05, 3.63) is 45.9 Å². The Hall–Kier alpha value is -2.11. The maximum Gasteiger partial charge on any atom is 0.263 e. The third-order valence-corrected chi connectivity index (χ3v) is 3.45. The normalized spacial score (nSPS) is 10.2. The largest absolute Gasteiger partial charge is 0.505 e. The first-order chi connectivity index (χ1) is 9.97. The molecule has 0 aliphatic heterocycles. The first-order valence-corrected chi connectivity index (χ1v) is 6.56. The predicted molar refractivity (Wildman–Crippen MR) is 80.7 cm³/mol. The molecule has 0 saturated carbocycles. The van der Waals surface area contributed by atoms with Crippen LogP contribution >= 0.6 is 23.2 Å². The maximum absolute atomic E-state index is 12.2. The monoisotopic (exact) mass is 327 g/mol. The summed E-state index contributed by atoms with van der Waals surface area (Å²) in [4.78, 5) is 12.2. The number of phenols is 2. The second-order valence-corrected chi connectivity index (χ2v) is 4.81. The highest BCUT2D eigenvalue weighted by atomic mass is 35.5. The molecule has 1 amide bonds. The number of nitrogens with one attached hydrogen (secondary N) is 1. The number of carbonyl (C=O) groups is 1. The molecule has 2 aromatic rings. The van der Waals surface area contributed by atoms with Crippen molar-refractivity contribution in [2.45, 2.75) is 0 Å². The Morgan fingerprint density at radius 3 is 2.10 bits per heavy atom. The highest BCUT2D eigenvalue weighted by Gasteiger charge is 2.27. The molecular formula is C14H11Cl2NO4. The number of phenolic OH excluding ortho intramolecular Hbond substituents is 2. The van der Waals surface area contributed by atoms with Gasteiger partial charge in [-0.15, -0.1) is 0 Å². The average Bonchev–Trinajstić information content (AvgIpc) is 2.47. The van der Waals surface area contributed by atoms with E-state index >= 15 is 0 Å². The first kappa shape index (κ1) is 15.3. The van der Waals surface area contributed by atoms with Gasteiger partial charge in [0.05, 0.1) is 7.11 Å². The van der Waals surface area contributed by atoms with Crippen molar-refractivity contribution < 1.29 is 19.7 Å². The van der Waals surface area contributed by atoms with E-state index in [1.54, 1.807) is 30.3 Å². The van der Waals surface area contributed by atoms with Gasteiger partial charge in [-0.3, -0.25) is 4.79 Å². The summed E-state index contributed by atoms with van der Waals surface area (Å²) in [5.41, 5.74) is 0.0685. The average molecular weight is 328 g/mol. The van der Waals surface area contributed by atoms with Crippen molar-refractivity contribution in [1.29, 1.82) is 0 Å². The molecule has 7 heteroatoms. The highest BCUT2D eigenvalue weighted by Crippen LogP contribution is 2.48. The van der Waals surface area contributed by atoms with E-state index in [2.05, 4.69) is 5.32 Å². The van der Waals surface area contributed by atoms with E-state index in [0.717, 1.165) is 0 Å². The standard InChI is InChI=1S/C14H11Cl2NO4/c1-21-13-9(15)11(18)8(12(19)10(13)16)14(20)17-7-5-3-2-4-6-7/h2-6,18-19H,1H3,(H,17,20). The SMILES string of the molecule is COc1c(Cl)c(O)c(C(=O)Nc2ccccc2)c(O)c1Cl. The number of amides is 1. The van der Waals surface area contributed by atoms with Gasteiger partial charge in [0.15, 0.2) is 17.2 Å². The number of benzene rings is 2. The number of carbonyl (C=O) groups excluding carboxylic acids is 1. The van der Waals surface area contributed by atoms with Crippen molar-refractivity contribution in [1.82, 2.24) is 0 Å². The summed E-state index contributed by atoms with van der Waals surface area (Å²) >= 11 is 11.7. The molecule has 3 N–H and O–H groups in total. The molecule has 2 rings (SSSR count). The van der Waals surface area contributed by atoms with Crippen LogP contribution in [0.4, 0.5) is 5.69 Å². The fraction of sp³-hybridized carbons (Fsp3) is 0.0714. The van der Waals surface area contributed by atoms with E-state index < -0.39 is 23.0 Å². The van der Waals surface area contributed by atoms with Gasteiger partial charge in [0.1, 0.15) is 15.6 Å². The van der Waals surface area contributed by atoms with E-state index in [9.17, 15) is 15.0 Å². The van der Waals surface area contributed by atoms with Gasteiger partial charge in [0, 0.05) is 5.69 Å². The van der Waals surface area contributed by atoms with Crippen LogP contribution in [0, 0.1) is 0 Å². The summed E-state index contributed by atoms with van der Waals surface area (Å²) in [6.45, 7) is 0. The van der Waals surface area contributed by atoms with Crippen LogP contribution in [0.3, 0.4) is 0 Å². The molecule has 0 aromatic heterocycles. The summed E-state index contributed by atoms with van der Waals surface area (Å²) in [5.74, 6) is -2.07. The minimum Gasteiger partial charge on any atom is -0.505 e. The molecular weight excluding hydrogens is 317 g/mol. The molecule has 21 heavy (non-hydrogen) atoms. The summed E-state index contributed by atoms with van der Waals surface area (Å²) < 4.78 is 4.87. The fourth-order valence-corrected chi connectivity index (χ4v) is 2.33. The van der Waals surface area contributed by atoms with Gasteiger partial charge in [-0.1, -0.05) is 41.4 Å². The zero-order chi connectivity index (χ0) is 15.6. The number of hydrogen-bond donors (Lipinski definition) is 3. The lowest BCUT2D eigenvalue weighted by atomic mass is 10.1. The summed E-state index contributed by atoms with van der Waals surface area (Å²) in [7, 11) is 1.27. The number of methoxy groups -OCH3 is 1. The van der Waals surface area contributed by atoms with Gasteiger partial charge in [0.2, 0.25) is 0 Å². The zero-order valence-corrected chi connectivity index (χ0v) is 12.4. The van der Waals surface area contributed by atoms with Crippen molar-refractivity contribution in [2.75, 3.05) is 12.4 Å². The molecule has 0 spiro atoms. The first-order valence-electron chi connectivity index (χ1n) is 5.80. The molecule has 0 radical (unpaired) electrons. The van der Waals surface area contributed by atoms with Crippen LogP contribution in [0.15, 0.2) is 30.3 Å². The Labute approximate surface area is 130 Å². The molecule has 0 heterocycles. The molecule has 0 bridgehead atoms. The highest BCUT2D eigenvalue weighted by molar-refractivity contribution is 6.40. The molecule has 0 atom stereocenters. The lowest BCUT2D eigenvalue weighted by molar-refractivity contribution is 0.102. The minimum atomic E-state index is -0.748. The lowest BCUT2D eigenvalue weighted by Gasteiger charge is -2.14. The summed E-state index contributed by atoms with van der Waals surface area (Å²) in [5, 5.41) is 22.0. The number of halogens is 2. The van der Waals surface area contributed by atoms with E-state index in [0.29, 0.717) is 5.69 Å². The molecule has 0 fully saturated rings. The van der Waals surface area contributed by atoms with Crippen molar-refractivity contribution >= 4 is 34.8 Å². The van der Waals surface area contributed by atoms with Gasteiger partial charge in [-0.25, -0.2) is 0 Å². The zero-order valence-electron chi connectivity index (χ0n) is 10.9. The van der Waals surface area contributed by atoms with Gasteiger partial charge >= 0.3 is 0 Å². The number of anilines is 1. The van der Waals surface area contributed by atoms with E-state index in [4.69, 9.17) is 27.9 Å². The van der Waals surface area contributed by atoms with Gasteiger partial charge in [-0.2, -0.15) is 0 Å². The summed E-state index contributed by atoms with van der Waals surface area (Å²) in [6.07, 6.45) is 0. The van der Waals surface area contributed by atoms with Crippen LogP contribution in [0.1, 0.15) is 10.4 Å². The van der Waals surface area contributed by atoms with Crippen LogP contribution < -0.4 is 10.1 Å². The third-order valence-electron chi connectivity index (χ3n) is 2.75. The van der Waals surface area contributed by atoms with Crippen LogP contribution in [-0.4, -0.2) is 23.2 Å². The fourth-order valence-electron chi connectivity index (χ4n) is 1.75. The minimum absolute atomic E-state index is 0.107. The van der Waals surface area contributed by atoms with Crippen molar-refractivity contribution in [2.24, 2.45) is 0 Å². The predicted octanol–water partition coefficient (Wildman–Crippen LogP) is 3.67. The quantitative estimate of drug-likeness (QED) is 0.803. The van der Waals surface area contributed by atoms with Crippen LogP contribution in [0.25, 0.3) is 0 Å². The molecule has 0 saturated heterocycles. The van der Waals surface area contributed by atoms with E-state index in [1.807, 2.05) is 0 Å². The topological polar surface area (TPSA) is 78.8 Å². The number of rotatable bonds is 3. The van der Waals surface area contributed by atoms with Gasteiger partial charge in [-0.05, 0) is 12.1 Å². The van der Waals surface area contributed by atoms with Crippen LogP contribution in [-0.2, 0) is 0 Å². The Morgan fingerprint density at radius 2 is 1.62 bits per heavy atom. The number of hydrogen-bond acceptors (Lipinski definition) is 4. The second-order valence-electron chi connectivity index (χ2n) is 4.05. The molecule has 110 valence electrons. The molecule has 0 unspecified atom stereocenters. The summed E-state index contributed by atoms with van der Waals surface area (Å²) in [6, 6.07) is 8.54. The lowest BCUT2D eigenvalue weighted by Crippen LogP contribution is -2.13. The molecule has 0 aliphatic carbocycles. The van der Waals surface area contributed by atoms with Crippen molar-refractivity contribution in [3.63, 3.8) is 0 Å². The smallest absolute Gasteiger partial charge is 0.263 e. The molecule has 5 nitrogen and oxygen atoms in total. The van der Waals surface area contributed by atoms with Crippen LogP contribution in [0.2, 0.25) is 10.0 Å². The van der Waals surface area contributed by atoms with Gasteiger partial charge < -0.3 is 20.3 Å². The third kappa shape index (κ3) is 2.84. The Balaban J connectivity index is 2.47. The number of aromatic hydroxyl groups is 2. The Morgan fingerprint density at radius 1 is 1.10 bits per heavy atom. The molecule has 0 aliphatic rings. The Bertz CT molecular complexity index is 660. The molecule has 2 aromatic carbocycles. The number of ether oxygens (including phenoxy) is 1. The van der Waals surface area contributed by atoms with E-state index in [-0.39, 0.29) is 15.8 Å². The maximum atomic E-state index is 12.2. The number of para-hydroxylation sites is 1. The Kier molecular flexibility index (Phi) is 4.45. The van der Waals surface area contributed by atoms with Crippen molar-refractivity contribution in [3.8, 4) is 17.2 Å². The van der Waals surface area contributed by atoms with E-state index in [1.165, 1.54) is 7.11 Å². The second kappa shape index (κ2) is 6.11. The van der Waals surface area contributed by atoms with Gasteiger partial charge in [0.25, 0.3) is 5.91 Å². The van der Waals surface area contributed by atoms with Crippen LogP contribution in [0.5, 0.6) is 17.2 Å².